The predicted molar refractivity (Wildman–Crippen MR) is 253 cm³/mol. The number of hydrogen-bond donors (Lipinski definition) is 0. The molecule has 3 heterocycles. The molecule has 69 heavy (non-hydrogen) atoms. The molecule has 3 saturated heterocycles. The third kappa shape index (κ3) is 12.5. The van der Waals surface area contributed by atoms with E-state index < -0.39 is 73.7 Å². The molecule has 0 aliphatic carbocycles. The smallest absolute Gasteiger partial charge is 0.338 e. The van der Waals surface area contributed by atoms with Gasteiger partial charge in [-0.25, -0.2) is 4.79 Å². The van der Waals surface area contributed by atoms with Crippen LogP contribution in [0.3, 0.4) is 0 Å². The van der Waals surface area contributed by atoms with Crippen molar-refractivity contribution in [3.05, 3.63) is 209 Å². The zero-order chi connectivity index (χ0) is 47.2. The van der Waals surface area contributed by atoms with Gasteiger partial charge in [0.05, 0.1) is 52.3 Å². The van der Waals surface area contributed by atoms with Crippen LogP contribution in [-0.4, -0.2) is 94.8 Å². The molecular formula is C56H58O13. The van der Waals surface area contributed by atoms with Crippen LogP contribution in [0.5, 0.6) is 5.75 Å². The van der Waals surface area contributed by atoms with E-state index in [0.29, 0.717) is 17.9 Å². The van der Waals surface area contributed by atoms with Crippen molar-refractivity contribution in [3.63, 3.8) is 0 Å². The highest BCUT2D eigenvalue weighted by Gasteiger charge is 2.56. The van der Waals surface area contributed by atoms with Crippen molar-refractivity contribution in [2.24, 2.45) is 0 Å². The number of fused-ring (bicyclic) bond motifs is 1. The van der Waals surface area contributed by atoms with E-state index in [1.807, 2.05) is 152 Å². The molecule has 0 radical (unpaired) electrons. The highest BCUT2D eigenvalue weighted by Crippen LogP contribution is 2.40. The second-order valence-electron chi connectivity index (χ2n) is 17.0. The molecule has 6 aromatic rings. The Morgan fingerprint density at radius 1 is 0.522 bits per heavy atom. The first-order chi connectivity index (χ1) is 34.0. The fourth-order valence-electron chi connectivity index (χ4n) is 8.72. The first-order valence-corrected chi connectivity index (χ1v) is 23.3. The maximum absolute atomic E-state index is 14.3. The fraction of sp³-hybridized carbons (Fsp3) is 0.339. The summed E-state index contributed by atoms with van der Waals surface area (Å²) in [6.45, 7) is 1.02. The van der Waals surface area contributed by atoms with E-state index in [1.54, 1.807) is 38.5 Å². The minimum atomic E-state index is -1.29. The first kappa shape index (κ1) is 48.2. The van der Waals surface area contributed by atoms with E-state index in [-0.39, 0.29) is 33.0 Å². The van der Waals surface area contributed by atoms with Crippen molar-refractivity contribution in [2.45, 2.75) is 94.1 Å². The lowest BCUT2D eigenvalue weighted by molar-refractivity contribution is -0.391. The highest BCUT2D eigenvalue weighted by molar-refractivity contribution is 5.89. The summed E-state index contributed by atoms with van der Waals surface area (Å²) in [6, 6.07) is 55.5. The number of esters is 1. The van der Waals surface area contributed by atoms with Crippen molar-refractivity contribution in [1.29, 1.82) is 0 Å². The lowest BCUT2D eigenvalue weighted by Crippen LogP contribution is -2.67. The number of hydrogen-bond acceptors (Lipinski definition) is 13. The van der Waals surface area contributed by atoms with Crippen LogP contribution in [-0.2, 0) is 78.5 Å². The number of benzene rings is 6. The van der Waals surface area contributed by atoms with Crippen LogP contribution < -0.4 is 4.74 Å². The van der Waals surface area contributed by atoms with Gasteiger partial charge in [-0.05, 0) is 46.5 Å². The van der Waals surface area contributed by atoms with E-state index in [0.717, 1.165) is 27.8 Å². The number of carbonyl (C=O) groups is 1. The molecule has 0 amide bonds. The molecule has 0 bridgehead atoms. The molecule has 0 saturated carbocycles. The summed E-state index contributed by atoms with van der Waals surface area (Å²) >= 11 is 0. The number of rotatable bonds is 20. The first-order valence-electron chi connectivity index (χ1n) is 23.3. The Labute approximate surface area is 403 Å². The van der Waals surface area contributed by atoms with Crippen molar-refractivity contribution in [1.82, 2.24) is 0 Å². The number of ether oxygens (including phenoxy) is 12. The van der Waals surface area contributed by atoms with Crippen molar-refractivity contribution < 1.29 is 61.6 Å². The van der Waals surface area contributed by atoms with Gasteiger partial charge in [0, 0.05) is 12.7 Å². The molecule has 11 atom stereocenters. The Hall–Kier alpha value is -5.81. The summed E-state index contributed by atoms with van der Waals surface area (Å²) in [5.41, 5.74) is 4.84. The second-order valence-corrected chi connectivity index (χ2v) is 17.0. The number of carbonyl (C=O) groups excluding carboxylic acids is 1. The molecule has 0 aromatic heterocycles. The molecule has 3 fully saturated rings. The molecule has 0 unspecified atom stereocenters. The van der Waals surface area contributed by atoms with Gasteiger partial charge in [0.15, 0.2) is 25.0 Å². The number of methoxy groups -OCH3 is 2. The molecule has 13 heteroatoms. The summed E-state index contributed by atoms with van der Waals surface area (Å²) in [4.78, 5) is 14.3. The maximum Gasteiger partial charge on any atom is 0.338 e. The van der Waals surface area contributed by atoms with Crippen LogP contribution in [0.15, 0.2) is 176 Å². The molecule has 3 aliphatic heterocycles. The van der Waals surface area contributed by atoms with Crippen LogP contribution in [0, 0.1) is 0 Å². The predicted octanol–water partition coefficient (Wildman–Crippen LogP) is 8.79. The summed E-state index contributed by atoms with van der Waals surface area (Å²) in [5.74, 6) is 0.0956. The fourth-order valence-corrected chi connectivity index (χ4v) is 8.72. The second kappa shape index (κ2) is 24.2. The van der Waals surface area contributed by atoms with Gasteiger partial charge in [0.1, 0.15) is 48.5 Å². The zero-order valence-electron chi connectivity index (χ0n) is 38.6. The monoisotopic (exact) mass is 938 g/mol. The van der Waals surface area contributed by atoms with Gasteiger partial charge >= 0.3 is 5.97 Å². The van der Waals surface area contributed by atoms with E-state index >= 15 is 0 Å². The van der Waals surface area contributed by atoms with Gasteiger partial charge in [-0.15, -0.1) is 0 Å². The third-order valence-corrected chi connectivity index (χ3v) is 12.3. The minimum Gasteiger partial charge on any atom is -0.497 e. The van der Waals surface area contributed by atoms with Crippen LogP contribution in [0.1, 0.15) is 44.5 Å². The van der Waals surface area contributed by atoms with Crippen molar-refractivity contribution in [3.8, 4) is 5.75 Å². The molecule has 360 valence electrons. The molecule has 6 aromatic carbocycles. The Morgan fingerprint density at radius 2 is 1.06 bits per heavy atom. The Kier molecular flexibility index (Phi) is 16.9. The van der Waals surface area contributed by atoms with Gasteiger partial charge in [0.2, 0.25) is 0 Å². The van der Waals surface area contributed by atoms with Gasteiger partial charge in [0.25, 0.3) is 0 Å². The largest absolute Gasteiger partial charge is 0.497 e. The molecular weight excluding hydrogens is 881 g/mol. The van der Waals surface area contributed by atoms with Crippen LogP contribution in [0.25, 0.3) is 0 Å². The Balaban J connectivity index is 1.10. The SMILES string of the molecule is COc1ccc(CO[C@@H]2[C@@H](OC(=O)c3ccccc3)[C@H](O[C@@H]3[C@H](OCc4ccccc4)[C@@H](OCc4ccccc4)[C@H](OC)O[C@@H]3COCc3ccccc3)O[C@@H]3CO[C@@H](c4ccccc4)O[C@@H]23)cc1. The molecule has 9 rings (SSSR count). The van der Waals surface area contributed by atoms with Crippen molar-refractivity contribution in [2.75, 3.05) is 27.4 Å². The highest BCUT2D eigenvalue weighted by atomic mass is 16.8. The van der Waals surface area contributed by atoms with Gasteiger partial charge in [-0.2, -0.15) is 0 Å². The topological polar surface area (TPSA) is 128 Å². The van der Waals surface area contributed by atoms with Crippen LogP contribution in [0.4, 0.5) is 0 Å². The lowest BCUT2D eigenvalue weighted by atomic mass is 9.95. The summed E-state index contributed by atoms with van der Waals surface area (Å²) in [7, 11) is 3.19. The third-order valence-electron chi connectivity index (χ3n) is 12.3. The minimum absolute atomic E-state index is 0.0612. The quantitative estimate of drug-likeness (QED) is 0.0678. The zero-order valence-corrected chi connectivity index (χ0v) is 38.6. The molecule has 13 nitrogen and oxygen atoms in total. The average molecular weight is 939 g/mol. The van der Waals surface area contributed by atoms with Gasteiger partial charge in [-0.1, -0.05) is 152 Å². The van der Waals surface area contributed by atoms with Gasteiger partial charge < -0.3 is 56.8 Å². The summed E-state index contributed by atoms with van der Waals surface area (Å²) < 4.78 is 79.1. The Morgan fingerprint density at radius 3 is 1.65 bits per heavy atom. The molecule has 0 spiro atoms. The normalized spacial score (nSPS) is 26.7. The van der Waals surface area contributed by atoms with E-state index in [1.165, 1.54) is 0 Å². The van der Waals surface area contributed by atoms with E-state index in [4.69, 9.17) is 56.8 Å². The molecule has 0 N–H and O–H groups in total. The molecule has 3 aliphatic rings. The maximum atomic E-state index is 14.3. The summed E-state index contributed by atoms with van der Waals surface area (Å²) in [5, 5.41) is 0. The van der Waals surface area contributed by atoms with Gasteiger partial charge in [-0.3, -0.25) is 0 Å². The van der Waals surface area contributed by atoms with Crippen LogP contribution >= 0.6 is 0 Å². The van der Waals surface area contributed by atoms with E-state index in [9.17, 15) is 4.79 Å². The summed E-state index contributed by atoms with van der Waals surface area (Å²) in [6.07, 6.45) is -10.1. The average Bonchev–Trinajstić information content (AvgIpc) is 3.41. The standard InChI is InChI=1S/C56H58O13/c1-58-44-30-28-41(29-31-44)35-62-50-48-46(37-64-54(68-48)43-26-16-7-17-27-43)66-56(52(50)67-53(57)42-24-14-6-15-25-42)69-47-45(36-60-32-38-18-8-3-9-19-38)65-55(59-2)51(63-34-40-22-12-5-13-23-40)49(47)61-33-39-20-10-4-11-21-39/h3-31,45-52,54-56H,32-37H2,1-2H3/t45-,46-,47+,48-,49+,50+,51-,52-,54-,55-,56+/m1/s1. The van der Waals surface area contributed by atoms with Crippen molar-refractivity contribution >= 4 is 5.97 Å². The lowest BCUT2D eigenvalue weighted by Gasteiger charge is -2.51. The Bertz CT molecular complexity index is 2430. The van der Waals surface area contributed by atoms with E-state index in [2.05, 4.69) is 0 Å². The van der Waals surface area contributed by atoms with Crippen LogP contribution in [0.2, 0.25) is 0 Å².